The molecule has 0 atom stereocenters. The van der Waals surface area contributed by atoms with E-state index in [9.17, 15) is 0 Å². The molecular weight excluding hydrogens is 254 g/mol. The zero-order chi connectivity index (χ0) is 13.9. The molecule has 0 aliphatic heterocycles. The summed E-state index contributed by atoms with van der Waals surface area (Å²) in [6.07, 6.45) is 8.71. The summed E-state index contributed by atoms with van der Waals surface area (Å²) in [5.41, 5.74) is 5.78. The van der Waals surface area contributed by atoms with Crippen LogP contribution in [0, 0.1) is 5.92 Å². The standard InChI is InChI=1S/C13H19N7/c1-19(9-10-5-2-3-6-10)12-16-11(14)17-13(18-12)20-8-4-7-15-20/h4,7-8,10H,2-3,5-6,9H2,1H3,(H2,14,16,17,18). The fourth-order valence-corrected chi connectivity index (χ4v) is 2.69. The second-order valence-corrected chi connectivity index (χ2v) is 5.28. The van der Waals surface area contributed by atoms with Crippen LogP contribution in [0.25, 0.3) is 5.95 Å². The van der Waals surface area contributed by atoms with Crippen molar-refractivity contribution in [3.05, 3.63) is 18.5 Å². The molecule has 0 saturated heterocycles. The molecule has 0 aromatic carbocycles. The maximum atomic E-state index is 5.78. The Kier molecular flexibility index (Phi) is 3.49. The zero-order valence-corrected chi connectivity index (χ0v) is 11.6. The molecular formula is C13H19N7. The van der Waals surface area contributed by atoms with Crippen LogP contribution in [-0.4, -0.2) is 38.3 Å². The summed E-state index contributed by atoms with van der Waals surface area (Å²) in [6.45, 7) is 0.960. The van der Waals surface area contributed by atoms with Crippen LogP contribution in [-0.2, 0) is 0 Å². The molecule has 0 spiro atoms. The Morgan fingerprint density at radius 3 is 2.80 bits per heavy atom. The number of nitrogens with two attached hydrogens (primary N) is 1. The van der Waals surface area contributed by atoms with Gasteiger partial charge in [0.15, 0.2) is 0 Å². The number of hydrogen-bond donors (Lipinski definition) is 1. The minimum Gasteiger partial charge on any atom is -0.368 e. The van der Waals surface area contributed by atoms with E-state index in [1.807, 2.05) is 13.1 Å². The molecule has 2 heterocycles. The average molecular weight is 273 g/mol. The summed E-state index contributed by atoms with van der Waals surface area (Å²) < 4.78 is 1.59. The molecule has 0 amide bonds. The van der Waals surface area contributed by atoms with Gasteiger partial charge in [-0.1, -0.05) is 12.8 Å². The molecule has 1 aliphatic carbocycles. The highest BCUT2D eigenvalue weighted by molar-refractivity contribution is 5.36. The summed E-state index contributed by atoms with van der Waals surface area (Å²) in [5, 5.41) is 4.12. The highest BCUT2D eigenvalue weighted by Gasteiger charge is 2.19. The lowest BCUT2D eigenvalue weighted by Gasteiger charge is -2.21. The van der Waals surface area contributed by atoms with Crippen LogP contribution in [0.5, 0.6) is 0 Å². The van der Waals surface area contributed by atoms with E-state index < -0.39 is 0 Å². The van der Waals surface area contributed by atoms with Gasteiger partial charge >= 0.3 is 0 Å². The predicted molar refractivity (Wildman–Crippen MR) is 76.6 cm³/mol. The molecule has 7 heteroatoms. The van der Waals surface area contributed by atoms with Gasteiger partial charge < -0.3 is 10.6 Å². The van der Waals surface area contributed by atoms with Gasteiger partial charge in [-0.25, -0.2) is 4.68 Å². The summed E-state index contributed by atoms with van der Waals surface area (Å²) in [5.74, 6) is 2.01. The van der Waals surface area contributed by atoms with E-state index in [0.29, 0.717) is 11.9 Å². The fourth-order valence-electron chi connectivity index (χ4n) is 2.69. The van der Waals surface area contributed by atoms with E-state index in [-0.39, 0.29) is 5.95 Å². The van der Waals surface area contributed by atoms with Crippen molar-refractivity contribution in [2.75, 3.05) is 24.2 Å². The Morgan fingerprint density at radius 1 is 1.30 bits per heavy atom. The van der Waals surface area contributed by atoms with Gasteiger partial charge in [0.2, 0.25) is 11.9 Å². The SMILES string of the molecule is CN(CC1CCCC1)c1nc(N)nc(-n2cccn2)n1. The third-order valence-corrected chi connectivity index (χ3v) is 3.69. The monoisotopic (exact) mass is 273 g/mol. The molecule has 0 unspecified atom stereocenters. The van der Waals surface area contributed by atoms with Crippen molar-refractivity contribution in [1.82, 2.24) is 24.7 Å². The molecule has 1 aliphatic rings. The second-order valence-electron chi connectivity index (χ2n) is 5.28. The lowest BCUT2D eigenvalue weighted by Crippen LogP contribution is -2.27. The number of anilines is 2. The Bertz CT molecular complexity index is 560. The first-order valence-electron chi connectivity index (χ1n) is 6.95. The summed E-state index contributed by atoms with van der Waals surface area (Å²) in [4.78, 5) is 14.8. The quantitative estimate of drug-likeness (QED) is 0.902. The van der Waals surface area contributed by atoms with Crippen LogP contribution < -0.4 is 10.6 Å². The van der Waals surface area contributed by atoms with Gasteiger partial charge in [0.05, 0.1) is 0 Å². The van der Waals surface area contributed by atoms with Crippen LogP contribution in [0.4, 0.5) is 11.9 Å². The third kappa shape index (κ3) is 2.71. The van der Waals surface area contributed by atoms with Crippen molar-refractivity contribution in [1.29, 1.82) is 0 Å². The zero-order valence-electron chi connectivity index (χ0n) is 11.6. The molecule has 2 aromatic rings. The van der Waals surface area contributed by atoms with E-state index >= 15 is 0 Å². The van der Waals surface area contributed by atoms with E-state index in [0.717, 1.165) is 12.5 Å². The van der Waals surface area contributed by atoms with Gasteiger partial charge in [-0.05, 0) is 24.8 Å². The molecule has 1 saturated carbocycles. The topological polar surface area (TPSA) is 85.8 Å². The highest BCUT2D eigenvalue weighted by Crippen LogP contribution is 2.26. The first kappa shape index (κ1) is 12.8. The van der Waals surface area contributed by atoms with Gasteiger partial charge in [-0.3, -0.25) is 0 Å². The van der Waals surface area contributed by atoms with Crippen molar-refractivity contribution in [3.8, 4) is 5.95 Å². The van der Waals surface area contributed by atoms with Crippen LogP contribution in [0.3, 0.4) is 0 Å². The molecule has 0 radical (unpaired) electrons. The van der Waals surface area contributed by atoms with Gasteiger partial charge in [-0.15, -0.1) is 0 Å². The van der Waals surface area contributed by atoms with Crippen molar-refractivity contribution in [2.45, 2.75) is 25.7 Å². The van der Waals surface area contributed by atoms with E-state index in [2.05, 4.69) is 25.0 Å². The van der Waals surface area contributed by atoms with E-state index in [1.54, 1.807) is 17.1 Å². The van der Waals surface area contributed by atoms with Crippen molar-refractivity contribution >= 4 is 11.9 Å². The predicted octanol–water partition coefficient (Wildman–Crippen LogP) is 1.27. The van der Waals surface area contributed by atoms with Gasteiger partial charge in [0.1, 0.15) is 0 Å². The smallest absolute Gasteiger partial charge is 0.257 e. The first-order chi connectivity index (χ1) is 9.72. The maximum Gasteiger partial charge on any atom is 0.257 e. The highest BCUT2D eigenvalue weighted by atomic mass is 15.4. The van der Waals surface area contributed by atoms with Crippen molar-refractivity contribution < 1.29 is 0 Å². The maximum absolute atomic E-state index is 5.78. The second kappa shape index (κ2) is 5.44. The molecule has 7 nitrogen and oxygen atoms in total. The van der Waals surface area contributed by atoms with Crippen LogP contribution in [0.2, 0.25) is 0 Å². The van der Waals surface area contributed by atoms with E-state index in [4.69, 9.17) is 5.73 Å². The van der Waals surface area contributed by atoms with Crippen molar-refractivity contribution in [2.24, 2.45) is 5.92 Å². The Hall–Kier alpha value is -2.18. The molecule has 0 bridgehead atoms. The number of aromatic nitrogens is 5. The number of nitrogens with zero attached hydrogens (tertiary/aromatic N) is 6. The summed E-state index contributed by atoms with van der Waals surface area (Å²) >= 11 is 0. The van der Waals surface area contributed by atoms with Gasteiger partial charge in [-0.2, -0.15) is 20.1 Å². The number of nitrogen functional groups attached to an aromatic ring is 1. The molecule has 2 N–H and O–H groups in total. The largest absolute Gasteiger partial charge is 0.368 e. The number of hydrogen-bond acceptors (Lipinski definition) is 6. The molecule has 3 rings (SSSR count). The Morgan fingerprint density at radius 2 is 2.10 bits per heavy atom. The fraction of sp³-hybridized carbons (Fsp3) is 0.538. The lowest BCUT2D eigenvalue weighted by molar-refractivity contribution is 0.542. The number of rotatable bonds is 4. The van der Waals surface area contributed by atoms with Gasteiger partial charge in [0.25, 0.3) is 5.95 Å². The van der Waals surface area contributed by atoms with Crippen LogP contribution in [0.1, 0.15) is 25.7 Å². The lowest BCUT2D eigenvalue weighted by atomic mass is 10.1. The van der Waals surface area contributed by atoms with Crippen LogP contribution in [0.15, 0.2) is 18.5 Å². The summed E-state index contributed by atoms with van der Waals surface area (Å²) in [7, 11) is 2.00. The van der Waals surface area contributed by atoms with Crippen LogP contribution >= 0.6 is 0 Å². The van der Waals surface area contributed by atoms with E-state index in [1.165, 1.54) is 25.7 Å². The molecule has 1 fully saturated rings. The summed E-state index contributed by atoms with van der Waals surface area (Å²) in [6, 6.07) is 1.82. The average Bonchev–Trinajstić information content (AvgIpc) is 3.11. The molecule has 20 heavy (non-hydrogen) atoms. The van der Waals surface area contributed by atoms with Gasteiger partial charge in [0, 0.05) is 26.0 Å². The first-order valence-corrected chi connectivity index (χ1v) is 6.95. The normalized spacial score (nSPS) is 15.7. The minimum absolute atomic E-state index is 0.221. The molecule has 2 aromatic heterocycles. The Balaban J connectivity index is 1.81. The molecule has 106 valence electrons. The minimum atomic E-state index is 0.221. The van der Waals surface area contributed by atoms with Crippen molar-refractivity contribution in [3.63, 3.8) is 0 Å². The third-order valence-electron chi connectivity index (χ3n) is 3.69. The Labute approximate surface area is 117 Å².